The molecule has 0 radical (unpaired) electrons. The van der Waals surface area contributed by atoms with Crippen LogP contribution in [0.3, 0.4) is 0 Å². The van der Waals surface area contributed by atoms with Crippen molar-refractivity contribution in [3.63, 3.8) is 0 Å². The van der Waals surface area contributed by atoms with Crippen LogP contribution < -0.4 is 4.74 Å². The molecule has 8 heteroatoms. The third-order valence-electron chi connectivity index (χ3n) is 4.75. The number of aliphatic hydroxyl groups excluding tert-OH is 2. The van der Waals surface area contributed by atoms with E-state index in [0.717, 1.165) is 12.1 Å². The van der Waals surface area contributed by atoms with E-state index in [1.807, 2.05) is 0 Å². The van der Waals surface area contributed by atoms with E-state index in [2.05, 4.69) is 0 Å². The molecule has 2 aromatic rings. The zero-order chi connectivity index (χ0) is 18.7. The smallest absolute Gasteiger partial charge is 0.204 e. The number of ketones is 2. The number of aromatic hydroxyl groups is 3. The summed E-state index contributed by atoms with van der Waals surface area (Å²) in [4.78, 5) is 25.6. The summed E-state index contributed by atoms with van der Waals surface area (Å²) in [6.45, 7) is -0.281. The summed E-state index contributed by atoms with van der Waals surface area (Å²) in [5.41, 5.74) is -0.824. The Bertz CT molecular complexity index is 978. The molecule has 1 aliphatic heterocycles. The largest absolute Gasteiger partial charge is 0.508 e. The molecular weight excluding hydrogens is 344 g/mol. The van der Waals surface area contributed by atoms with Crippen molar-refractivity contribution in [2.24, 2.45) is 0 Å². The maximum Gasteiger partial charge on any atom is 0.204 e. The van der Waals surface area contributed by atoms with Gasteiger partial charge in [0.1, 0.15) is 23.0 Å². The van der Waals surface area contributed by atoms with Gasteiger partial charge >= 0.3 is 0 Å². The molecule has 134 valence electrons. The summed E-state index contributed by atoms with van der Waals surface area (Å²) in [5, 5.41) is 49.4. The van der Waals surface area contributed by atoms with Crippen molar-refractivity contribution in [2.75, 3.05) is 6.61 Å². The lowest BCUT2D eigenvalue weighted by Gasteiger charge is -2.21. The number of carbonyl (C=O) groups excluding carboxylic acids is 2. The van der Waals surface area contributed by atoms with Gasteiger partial charge in [0.2, 0.25) is 12.1 Å². The first-order valence-electron chi connectivity index (χ1n) is 7.86. The van der Waals surface area contributed by atoms with E-state index in [9.17, 15) is 30.0 Å². The molecule has 2 atom stereocenters. The zero-order valence-electron chi connectivity index (χ0n) is 13.3. The van der Waals surface area contributed by atoms with Gasteiger partial charge in [-0.3, -0.25) is 9.59 Å². The summed E-state index contributed by atoms with van der Waals surface area (Å²) >= 11 is 0. The summed E-state index contributed by atoms with van der Waals surface area (Å²) < 4.78 is 5.26. The number of aliphatic hydroxyl groups is 2. The molecule has 5 N–H and O–H groups in total. The van der Waals surface area contributed by atoms with E-state index in [1.165, 1.54) is 6.07 Å². The van der Waals surface area contributed by atoms with Gasteiger partial charge in [-0.15, -0.1) is 0 Å². The van der Waals surface area contributed by atoms with E-state index in [0.29, 0.717) is 0 Å². The van der Waals surface area contributed by atoms with Crippen LogP contribution in [-0.4, -0.2) is 50.0 Å². The molecule has 1 heterocycles. The van der Waals surface area contributed by atoms with Crippen molar-refractivity contribution in [1.82, 2.24) is 0 Å². The number of hydrogen-bond acceptors (Lipinski definition) is 8. The van der Waals surface area contributed by atoms with Crippen LogP contribution in [0.5, 0.6) is 23.0 Å². The van der Waals surface area contributed by atoms with Gasteiger partial charge in [0.25, 0.3) is 0 Å². The number of benzene rings is 2. The number of hydrogen-bond donors (Lipinski definition) is 5. The van der Waals surface area contributed by atoms with Gasteiger partial charge < -0.3 is 30.3 Å². The molecule has 4 rings (SSSR count). The zero-order valence-corrected chi connectivity index (χ0v) is 13.3. The quantitative estimate of drug-likeness (QED) is 0.451. The second-order valence-corrected chi connectivity index (χ2v) is 6.23. The van der Waals surface area contributed by atoms with Crippen molar-refractivity contribution < 1.29 is 39.9 Å². The predicted molar refractivity (Wildman–Crippen MR) is 85.8 cm³/mol. The van der Waals surface area contributed by atoms with Crippen LogP contribution in [0.4, 0.5) is 0 Å². The normalized spacial score (nSPS) is 20.4. The summed E-state index contributed by atoms with van der Waals surface area (Å²) in [6, 6.07) is 3.24. The third-order valence-corrected chi connectivity index (χ3v) is 4.75. The van der Waals surface area contributed by atoms with Gasteiger partial charge in [0.05, 0.1) is 17.0 Å². The summed E-state index contributed by atoms with van der Waals surface area (Å²) in [6.07, 6.45) is -1.25. The van der Waals surface area contributed by atoms with Crippen molar-refractivity contribution >= 4 is 11.6 Å². The van der Waals surface area contributed by atoms with Crippen LogP contribution in [0.25, 0.3) is 0 Å². The SMILES string of the molecule is O=C1c2cc(O)cc(O)c2C(=O)c2c1cc1c(c2O)[C@H](CCO)[C@@H](O)O1. The molecule has 1 aliphatic carbocycles. The first kappa shape index (κ1) is 16.4. The topological polar surface area (TPSA) is 145 Å². The molecule has 8 nitrogen and oxygen atoms in total. The van der Waals surface area contributed by atoms with E-state index in [1.54, 1.807) is 0 Å². The van der Waals surface area contributed by atoms with Crippen molar-refractivity contribution in [3.05, 3.63) is 46.0 Å². The van der Waals surface area contributed by atoms with E-state index < -0.39 is 35.3 Å². The third kappa shape index (κ3) is 2.03. The molecule has 0 bridgehead atoms. The number of phenols is 3. The van der Waals surface area contributed by atoms with Crippen LogP contribution in [0.2, 0.25) is 0 Å². The standard InChI is InChI=1S/C18H14O8/c19-2-1-7-13-11(26-18(7)25)5-9-14(17(13)24)16(23)12-8(15(9)22)3-6(20)4-10(12)21/h3-5,7,18-21,24-25H,1-2H2/t7-,18-/m0/s1. The Kier molecular flexibility index (Phi) is 3.43. The Labute approximate surface area is 146 Å². The second-order valence-electron chi connectivity index (χ2n) is 6.23. The Morgan fingerprint density at radius 3 is 2.35 bits per heavy atom. The lowest BCUT2D eigenvalue weighted by molar-refractivity contribution is -0.0230. The first-order valence-corrected chi connectivity index (χ1v) is 7.86. The van der Waals surface area contributed by atoms with Crippen LogP contribution in [0.1, 0.15) is 49.7 Å². The first-order chi connectivity index (χ1) is 12.3. The molecule has 0 spiro atoms. The van der Waals surface area contributed by atoms with Gasteiger partial charge in [-0.25, -0.2) is 0 Å². The molecule has 26 heavy (non-hydrogen) atoms. The fourth-order valence-electron chi connectivity index (χ4n) is 3.61. The maximum absolute atomic E-state index is 12.8. The highest BCUT2D eigenvalue weighted by Crippen LogP contribution is 2.50. The van der Waals surface area contributed by atoms with Gasteiger partial charge in [0.15, 0.2) is 5.78 Å². The van der Waals surface area contributed by atoms with E-state index in [-0.39, 0.29) is 52.3 Å². The minimum Gasteiger partial charge on any atom is -0.508 e. The van der Waals surface area contributed by atoms with Crippen LogP contribution in [0.15, 0.2) is 18.2 Å². The predicted octanol–water partition coefficient (Wildman–Crippen LogP) is 0.756. The summed E-state index contributed by atoms with van der Waals surface area (Å²) in [5.74, 6) is -3.67. The van der Waals surface area contributed by atoms with Gasteiger partial charge in [-0.05, 0) is 18.6 Å². The lowest BCUT2D eigenvalue weighted by atomic mass is 9.80. The van der Waals surface area contributed by atoms with Crippen molar-refractivity contribution in [2.45, 2.75) is 18.6 Å². The maximum atomic E-state index is 12.8. The lowest BCUT2D eigenvalue weighted by Crippen LogP contribution is -2.22. The minimum absolute atomic E-state index is 0.0428. The molecule has 0 unspecified atom stereocenters. The highest BCUT2D eigenvalue weighted by Gasteiger charge is 2.42. The van der Waals surface area contributed by atoms with Gasteiger partial charge in [-0.1, -0.05) is 0 Å². The molecular formula is C18H14O8. The van der Waals surface area contributed by atoms with Crippen LogP contribution in [0, 0.1) is 0 Å². The molecule has 0 fully saturated rings. The molecule has 0 amide bonds. The minimum atomic E-state index is -1.34. The number of rotatable bonds is 2. The molecule has 0 saturated heterocycles. The number of carbonyl (C=O) groups is 2. The van der Waals surface area contributed by atoms with E-state index >= 15 is 0 Å². The second kappa shape index (κ2) is 5.45. The molecule has 0 saturated carbocycles. The Balaban J connectivity index is 1.98. The summed E-state index contributed by atoms with van der Waals surface area (Å²) in [7, 11) is 0. The van der Waals surface area contributed by atoms with Crippen LogP contribution in [-0.2, 0) is 0 Å². The van der Waals surface area contributed by atoms with Crippen molar-refractivity contribution in [1.29, 1.82) is 0 Å². The average molecular weight is 358 g/mol. The fraction of sp³-hybridized carbons (Fsp3) is 0.222. The average Bonchev–Trinajstić information content (AvgIpc) is 2.88. The Morgan fingerprint density at radius 1 is 0.962 bits per heavy atom. The molecule has 2 aliphatic rings. The monoisotopic (exact) mass is 358 g/mol. The van der Waals surface area contributed by atoms with Crippen molar-refractivity contribution in [3.8, 4) is 23.0 Å². The Morgan fingerprint density at radius 2 is 1.65 bits per heavy atom. The number of phenolic OH excluding ortho intramolecular Hbond substituents is 3. The highest BCUT2D eigenvalue weighted by molar-refractivity contribution is 6.30. The number of ether oxygens (including phenoxy) is 1. The van der Waals surface area contributed by atoms with Gasteiger partial charge in [-0.2, -0.15) is 0 Å². The Hall–Kier alpha value is -3.10. The fourth-order valence-corrected chi connectivity index (χ4v) is 3.61. The van der Waals surface area contributed by atoms with E-state index in [4.69, 9.17) is 9.84 Å². The van der Waals surface area contributed by atoms with Gasteiger partial charge in [0, 0.05) is 29.4 Å². The van der Waals surface area contributed by atoms with Crippen LogP contribution >= 0.6 is 0 Å². The molecule has 0 aromatic heterocycles. The number of fused-ring (bicyclic) bond motifs is 3. The highest BCUT2D eigenvalue weighted by atomic mass is 16.6. The molecule has 2 aromatic carbocycles.